The van der Waals surface area contributed by atoms with Crippen LogP contribution in [-0.2, 0) is 0 Å². The van der Waals surface area contributed by atoms with Crippen molar-refractivity contribution in [2.24, 2.45) is 0 Å². The summed E-state index contributed by atoms with van der Waals surface area (Å²) < 4.78 is 5.32. The maximum Gasteiger partial charge on any atom is 0.132 e. The highest BCUT2D eigenvalue weighted by Crippen LogP contribution is 2.19. The van der Waals surface area contributed by atoms with E-state index in [2.05, 4.69) is 6.58 Å². The highest BCUT2D eigenvalue weighted by Gasteiger charge is 2.02. The van der Waals surface area contributed by atoms with E-state index in [-0.39, 0.29) is 0 Å². The van der Waals surface area contributed by atoms with E-state index in [0.717, 1.165) is 16.9 Å². The molecule has 12 heavy (non-hydrogen) atoms. The molecule has 1 heteroatoms. The first-order chi connectivity index (χ1) is 5.61. The minimum atomic E-state index is 0.956. The quantitative estimate of drug-likeness (QED) is 0.606. The zero-order valence-electron chi connectivity index (χ0n) is 7.85. The highest BCUT2D eigenvalue weighted by molar-refractivity contribution is 5.64. The van der Waals surface area contributed by atoms with E-state index in [4.69, 9.17) is 4.42 Å². The zero-order valence-corrected chi connectivity index (χ0v) is 7.85. The van der Waals surface area contributed by atoms with Gasteiger partial charge in [-0.05, 0) is 38.0 Å². The van der Waals surface area contributed by atoms with Crippen LogP contribution in [0.15, 0.2) is 35.0 Å². The van der Waals surface area contributed by atoms with Crippen molar-refractivity contribution in [3.05, 3.63) is 41.9 Å². The maximum atomic E-state index is 5.32. The first-order valence-corrected chi connectivity index (χ1v) is 3.99. The summed E-state index contributed by atoms with van der Waals surface area (Å²) in [6, 6.07) is 1.96. The van der Waals surface area contributed by atoms with Crippen molar-refractivity contribution >= 4 is 5.57 Å². The molecule has 0 aliphatic heterocycles. The Morgan fingerprint density at radius 1 is 1.50 bits per heavy atom. The van der Waals surface area contributed by atoms with E-state index in [1.165, 1.54) is 5.56 Å². The summed E-state index contributed by atoms with van der Waals surface area (Å²) in [6.07, 6.45) is 3.73. The van der Waals surface area contributed by atoms with E-state index in [1.54, 1.807) is 6.26 Å². The molecule has 1 nitrogen and oxygen atoms in total. The van der Waals surface area contributed by atoms with Gasteiger partial charge in [-0.2, -0.15) is 0 Å². The molecule has 0 saturated carbocycles. The Morgan fingerprint density at radius 2 is 2.17 bits per heavy atom. The van der Waals surface area contributed by atoms with Gasteiger partial charge in [-0.25, -0.2) is 0 Å². The molecule has 0 fully saturated rings. The molecule has 1 heterocycles. The van der Waals surface area contributed by atoms with Crippen LogP contribution in [0.4, 0.5) is 0 Å². The largest absolute Gasteiger partial charge is 0.464 e. The van der Waals surface area contributed by atoms with Crippen LogP contribution in [0.2, 0.25) is 0 Å². The molecule has 0 radical (unpaired) electrons. The summed E-state index contributed by atoms with van der Waals surface area (Å²) in [5.41, 5.74) is 3.35. The molecule has 1 aromatic heterocycles. The molecule has 0 aliphatic carbocycles. The molecule has 0 atom stereocenters. The van der Waals surface area contributed by atoms with Gasteiger partial charge in [-0.3, -0.25) is 0 Å². The number of furan rings is 1. The smallest absolute Gasteiger partial charge is 0.132 e. The average Bonchev–Trinajstić information content (AvgIpc) is 2.33. The number of rotatable bonds is 2. The van der Waals surface area contributed by atoms with Gasteiger partial charge < -0.3 is 4.42 Å². The minimum absolute atomic E-state index is 0.956. The third-order valence-electron chi connectivity index (χ3n) is 1.68. The normalized spacial score (nSPS) is 11.8. The van der Waals surface area contributed by atoms with E-state index in [1.807, 2.05) is 32.9 Å². The lowest BCUT2D eigenvalue weighted by atomic mass is 10.1. The first kappa shape index (κ1) is 8.85. The minimum Gasteiger partial charge on any atom is -0.464 e. The monoisotopic (exact) mass is 162 g/mol. The summed E-state index contributed by atoms with van der Waals surface area (Å²) in [4.78, 5) is 0. The lowest BCUT2D eigenvalue weighted by Gasteiger charge is -1.97. The Bertz CT molecular complexity index is 316. The van der Waals surface area contributed by atoms with Crippen LogP contribution < -0.4 is 0 Å². The van der Waals surface area contributed by atoms with E-state index in [0.29, 0.717) is 0 Å². The van der Waals surface area contributed by atoms with Crippen molar-refractivity contribution in [2.75, 3.05) is 0 Å². The number of hydrogen-bond donors (Lipinski definition) is 0. The Hall–Kier alpha value is -1.24. The van der Waals surface area contributed by atoms with Crippen LogP contribution in [0, 0.1) is 6.92 Å². The van der Waals surface area contributed by atoms with Crippen molar-refractivity contribution in [1.29, 1.82) is 0 Å². The second kappa shape index (κ2) is 3.44. The van der Waals surface area contributed by atoms with Crippen molar-refractivity contribution in [2.45, 2.75) is 20.8 Å². The van der Waals surface area contributed by atoms with Crippen LogP contribution in [0.1, 0.15) is 25.2 Å². The van der Waals surface area contributed by atoms with Gasteiger partial charge in [0.2, 0.25) is 0 Å². The van der Waals surface area contributed by atoms with Gasteiger partial charge in [0, 0.05) is 0 Å². The third-order valence-corrected chi connectivity index (χ3v) is 1.68. The molecule has 0 bridgehead atoms. The molecule has 0 spiro atoms. The number of aryl methyl sites for hydroxylation is 1. The molecule has 1 rings (SSSR count). The fourth-order valence-electron chi connectivity index (χ4n) is 1.21. The molecule has 1 aromatic rings. The fourth-order valence-corrected chi connectivity index (χ4v) is 1.21. The van der Waals surface area contributed by atoms with Crippen LogP contribution in [-0.4, -0.2) is 0 Å². The predicted molar refractivity (Wildman–Crippen MR) is 51.9 cm³/mol. The van der Waals surface area contributed by atoms with Crippen LogP contribution >= 0.6 is 0 Å². The van der Waals surface area contributed by atoms with Gasteiger partial charge in [0.1, 0.15) is 5.76 Å². The van der Waals surface area contributed by atoms with E-state index >= 15 is 0 Å². The van der Waals surface area contributed by atoms with E-state index < -0.39 is 0 Å². The van der Waals surface area contributed by atoms with Crippen LogP contribution in [0.3, 0.4) is 0 Å². The maximum absolute atomic E-state index is 5.32. The molecule has 0 amide bonds. The van der Waals surface area contributed by atoms with Crippen LogP contribution in [0.5, 0.6) is 0 Å². The molecule has 0 aromatic carbocycles. The number of hydrogen-bond acceptors (Lipinski definition) is 1. The topological polar surface area (TPSA) is 13.1 Å². The van der Waals surface area contributed by atoms with Gasteiger partial charge in [0.15, 0.2) is 0 Å². The van der Waals surface area contributed by atoms with Crippen molar-refractivity contribution < 1.29 is 4.42 Å². The van der Waals surface area contributed by atoms with Crippen LogP contribution in [0.25, 0.3) is 5.57 Å². The van der Waals surface area contributed by atoms with Crippen molar-refractivity contribution in [3.8, 4) is 0 Å². The molecule has 0 aliphatic rings. The van der Waals surface area contributed by atoms with Crippen molar-refractivity contribution in [1.82, 2.24) is 0 Å². The SMILES string of the molecule is C=C(C)/C=C(/C)c1occc1C. The molecular formula is C11H14O. The Morgan fingerprint density at radius 3 is 2.58 bits per heavy atom. The van der Waals surface area contributed by atoms with Gasteiger partial charge in [0.25, 0.3) is 0 Å². The second-order valence-electron chi connectivity index (χ2n) is 3.11. The summed E-state index contributed by atoms with van der Waals surface area (Å²) in [7, 11) is 0. The van der Waals surface area contributed by atoms with Gasteiger partial charge in [-0.1, -0.05) is 18.2 Å². The predicted octanol–water partition coefficient (Wildman–Crippen LogP) is 3.57. The third kappa shape index (κ3) is 1.88. The van der Waals surface area contributed by atoms with Gasteiger partial charge in [0.05, 0.1) is 6.26 Å². The Labute approximate surface area is 73.4 Å². The molecule has 0 saturated heterocycles. The number of allylic oxidation sites excluding steroid dienone is 3. The average molecular weight is 162 g/mol. The van der Waals surface area contributed by atoms with Gasteiger partial charge in [-0.15, -0.1) is 0 Å². The van der Waals surface area contributed by atoms with E-state index in [9.17, 15) is 0 Å². The Balaban J connectivity index is 2.99. The molecular weight excluding hydrogens is 148 g/mol. The molecule has 64 valence electrons. The lowest BCUT2D eigenvalue weighted by molar-refractivity contribution is 0.550. The first-order valence-electron chi connectivity index (χ1n) is 3.99. The lowest BCUT2D eigenvalue weighted by Crippen LogP contribution is -1.78. The summed E-state index contributed by atoms with van der Waals surface area (Å²) >= 11 is 0. The van der Waals surface area contributed by atoms with Gasteiger partial charge >= 0.3 is 0 Å². The molecule has 0 N–H and O–H groups in total. The standard InChI is InChI=1S/C11H14O/c1-8(2)7-10(4)11-9(3)5-6-12-11/h5-7H,1H2,2-4H3/b10-7-. The second-order valence-corrected chi connectivity index (χ2v) is 3.11. The highest BCUT2D eigenvalue weighted by atomic mass is 16.3. The zero-order chi connectivity index (χ0) is 9.14. The summed E-state index contributed by atoms with van der Waals surface area (Å²) in [6.45, 7) is 9.86. The summed E-state index contributed by atoms with van der Waals surface area (Å²) in [5.74, 6) is 0.956. The Kier molecular flexibility index (Phi) is 2.54. The molecule has 0 unspecified atom stereocenters. The fraction of sp³-hybridized carbons (Fsp3) is 0.273. The van der Waals surface area contributed by atoms with Crippen molar-refractivity contribution in [3.63, 3.8) is 0 Å². The summed E-state index contributed by atoms with van der Waals surface area (Å²) in [5, 5.41) is 0.